The van der Waals surface area contributed by atoms with Gasteiger partial charge < -0.3 is 10.3 Å². The van der Waals surface area contributed by atoms with Crippen molar-refractivity contribution in [2.24, 2.45) is 0 Å². The maximum Gasteiger partial charge on any atom is 0.223 e. The smallest absolute Gasteiger partial charge is 0.223 e. The number of carbonyl (C=O) groups is 1. The summed E-state index contributed by atoms with van der Waals surface area (Å²) in [6, 6.07) is 21.0. The number of nitrogens with one attached hydrogen (secondary N) is 2. The highest BCUT2D eigenvalue weighted by atomic mass is 32.1. The predicted molar refractivity (Wildman–Crippen MR) is 147 cm³/mol. The van der Waals surface area contributed by atoms with E-state index in [0.717, 1.165) is 62.7 Å². The zero-order valence-electron chi connectivity index (χ0n) is 20.0. The van der Waals surface area contributed by atoms with Crippen molar-refractivity contribution in [2.45, 2.75) is 19.8 Å². The molecular formula is C29H22N6OS. The molecule has 6 aromatic rings. The molecule has 8 heteroatoms. The molecule has 180 valence electrons. The molecule has 0 aliphatic heterocycles. The second-order valence-electron chi connectivity index (χ2n) is 9.14. The van der Waals surface area contributed by atoms with E-state index in [9.17, 15) is 4.79 Å². The molecule has 0 saturated carbocycles. The second-order valence-corrected chi connectivity index (χ2v) is 10.1. The van der Waals surface area contributed by atoms with Gasteiger partial charge in [0.1, 0.15) is 0 Å². The molecule has 2 aromatic carbocycles. The molecule has 0 spiro atoms. The van der Waals surface area contributed by atoms with Crippen LogP contribution >= 0.6 is 11.3 Å². The van der Waals surface area contributed by atoms with E-state index in [1.807, 2.05) is 29.2 Å². The van der Waals surface area contributed by atoms with Crippen LogP contribution < -0.4 is 5.32 Å². The molecule has 7 nitrogen and oxygen atoms in total. The number of rotatable bonds is 4. The SMILES string of the molecule is CC(=O)Nc1nc2c(s1)-c1c(c(-c3cccnc3)nn1-c1cccc(-c3ccc4[nH]ccc4c3)c1)CC2. The van der Waals surface area contributed by atoms with E-state index in [4.69, 9.17) is 10.1 Å². The van der Waals surface area contributed by atoms with Crippen LogP contribution in [-0.4, -0.2) is 30.6 Å². The van der Waals surface area contributed by atoms with Gasteiger partial charge in [0.15, 0.2) is 5.13 Å². The fourth-order valence-electron chi connectivity index (χ4n) is 5.05. The van der Waals surface area contributed by atoms with Crippen LogP contribution in [0.4, 0.5) is 5.13 Å². The lowest BCUT2D eigenvalue weighted by molar-refractivity contribution is -0.114. The summed E-state index contributed by atoms with van der Waals surface area (Å²) in [7, 11) is 0. The summed E-state index contributed by atoms with van der Waals surface area (Å²) < 4.78 is 2.03. The van der Waals surface area contributed by atoms with Gasteiger partial charge in [0.05, 0.1) is 27.6 Å². The van der Waals surface area contributed by atoms with Crippen molar-refractivity contribution in [3.8, 4) is 38.6 Å². The van der Waals surface area contributed by atoms with Crippen LogP contribution in [0, 0.1) is 0 Å². The van der Waals surface area contributed by atoms with Crippen LogP contribution in [0.5, 0.6) is 0 Å². The van der Waals surface area contributed by atoms with Gasteiger partial charge in [-0.25, -0.2) is 9.67 Å². The molecule has 1 aliphatic carbocycles. The first-order valence-corrected chi connectivity index (χ1v) is 12.9. The Bertz CT molecular complexity index is 1800. The van der Waals surface area contributed by atoms with E-state index in [2.05, 4.69) is 63.8 Å². The summed E-state index contributed by atoms with van der Waals surface area (Å²) >= 11 is 1.50. The molecule has 37 heavy (non-hydrogen) atoms. The highest BCUT2D eigenvalue weighted by Gasteiger charge is 2.30. The third kappa shape index (κ3) is 3.73. The fraction of sp³-hybridized carbons (Fsp3) is 0.103. The lowest BCUT2D eigenvalue weighted by atomic mass is 9.95. The number of thiazole rings is 1. The van der Waals surface area contributed by atoms with Crippen LogP contribution in [0.25, 0.3) is 49.5 Å². The van der Waals surface area contributed by atoms with Crippen LogP contribution in [0.2, 0.25) is 0 Å². The number of hydrogen-bond acceptors (Lipinski definition) is 5. The zero-order valence-corrected chi connectivity index (χ0v) is 20.8. The Morgan fingerprint density at radius 2 is 1.92 bits per heavy atom. The first-order valence-electron chi connectivity index (χ1n) is 12.1. The van der Waals surface area contributed by atoms with Gasteiger partial charge >= 0.3 is 0 Å². The van der Waals surface area contributed by atoms with Crippen LogP contribution in [0.3, 0.4) is 0 Å². The molecule has 1 amide bonds. The van der Waals surface area contributed by atoms with Crippen molar-refractivity contribution in [1.82, 2.24) is 24.7 Å². The Morgan fingerprint density at radius 3 is 2.78 bits per heavy atom. The first-order chi connectivity index (χ1) is 18.1. The summed E-state index contributed by atoms with van der Waals surface area (Å²) in [6.07, 6.45) is 7.22. The number of aromatic nitrogens is 5. The summed E-state index contributed by atoms with van der Waals surface area (Å²) in [4.78, 5) is 25.1. The number of benzene rings is 2. The van der Waals surface area contributed by atoms with Crippen molar-refractivity contribution in [1.29, 1.82) is 0 Å². The minimum Gasteiger partial charge on any atom is -0.361 e. The molecule has 0 saturated heterocycles. The number of nitrogens with zero attached hydrogens (tertiary/aromatic N) is 4. The highest BCUT2D eigenvalue weighted by molar-refractivity contribution is 7.19. The Labute approximate surface area is 216 Å². The monoisotopic (exact) mass is 502 g/mol. The third-order valence-corrected chi connectivity index (χ3v) is 7.72. The van der Waals surface area contributed by atoms with Crippen molar-refractivity contribution in [3.63, 3.8) is 0 Å². The van der Waals surface area contributed by atoms with Crippen LogP contribution in [0.15, 0.2) is 79.3 Å². The van der Waals surface area contributed by atoms with E-state index in [0.29, 0.717) is 5.13 Å². The number of carbonyl (C=O) groups excluding carboxylic acids is 1. The van der Waals surface area contributed by atoms with Gasteiger partial charge in [0, 0.05) is 42.2 Å². The van der Waals surface area contributed by atoms with E-state index in [-0.39, 0.29) is 5.91 Å². The van der Waals surface area contributed by atoms with Crippen molar-refractivity contribution in [3.05, 3.63) is 90.5 Å². The summed E-state index contributed by atoms with van der Waals surface area (Å²) in [5.41, 5.74) is 9.49. The molecule has 7 rings (SSSR count). The maximum atomic E-state index is 11.7. The average Bonchev–Trinajstić information content (AvgIpc) is 3.64. The van der Waals surface area contributed by atoms with Crippen molar-refractivity contribution < 1.29 is 4.79 Å². The molecule has 2 N–H and O–H groups in total. The number of pyridine rings is 1. The number of hydrogen-bond donors (Lipinski definition) is 2. The van der Waals surface area contributed by atoms with E-state index in [1.54, 1.807) is 6.20 Å². The lowest BCUT2D eigenvalue weighted by Gasteiger charge is -2.15. The second kappa shape index (κ2) is 8.53. The fourth-order valence-corrected chi connectivity index (χ4v) is 6.16. The summed E-state index contributed by atoms with van der Waals surface area (Å²) in [6.45, 7) is 1.51. The van der Waals surface area contributed by atoms with Crippen LogP contribution in [-0.2, 0) is 17.6 Å². The molecule has 0 bridgehead atoms. The normalized spacial score (nSPS) is 12.4. The standard InChI is InChI=1S/C29H22N6OS/c1-17(36)32-29-33-25-10-8-23-26(21-5-3-12-30-16-21)34-35(27(23)28(25)37-29)22-6-2-4-18(15-22)19-7-9-24-20(14-19)11-13-31-24/h2-7,9,11-16,31H,8,10H2,1H3,(H,32,33,36). The Morgan fingerprint density at radius 1 is 1.03 bits per heavy atom. The number of aromatic amines is 1. The van der Waals surface area contributed by atoms with Gasteiger partial charge in [-0.2, -0.15) is 5.10 Å². The predicted octanol–water partition coefficient (Wildman–Crippen LogP) is 6.26. The Balaban J connectivity index is 1.41. The quantitative estimate of drug-likeness (QED) is 0.298. The topological polar surface area (TPSA) is 88.5 Å². The largest absolute Gasteiger partial charge is 0.361 e. The van der Waals surface area contributed by atoms with Gasteiger partial charge in [-0.3, -0.25) is 9.78 Å². The first kappa shape index (κ1) is 21.7. The lowest BCUT2D eigenvalue weighted by Crippen LogP contribution is -2.07. The number of anilines is 1. The van der Waals surface area contributed by atoms with Gasteiger partial charge in [-0.05, 0) is 71.8 Å². The van der Waals surface area contributed by atoms with E-state index < -0.39 is 0 Å². The van der Waals surface area contributed by atoms with Gasteiger partial charge in [0.2, 0.25) is 5.91 Å². The highest BCUT2D eigenvalue weighted by Crippen LogP contribution is 2.44. The number of amides is 1. The number of aryl methyl sites for hydroxylation is 1. The number of fused-ring (bicyclic) bond motifs is 4. The molecular weight excluding hydrogens is 480 g/mol. The average molecular weight is 503 g/mol. The van der Waals surface area contributed by atoms with E-state index in [1.165, 1.54) is 29.2 Å². The van der Waals surface area contributed by atoms with Crippen molar-refractivity contribution in [2.75, 3.05) is 5.32 Å². The third-order valence-electron chi connectivity index (χ3n) is 6.70. The Hall–Kier alpha value is -4.56. The van der Waals surface area contributed by atoms with Gasteiger partial charge in [-0.1, -0.05) is 29.5 Å². The van der Waals surface area contributed by atoms with Gasteiger partial charge in [-0.15, -0.1) is 0 Å². The zero-order chi connectivity index (χ0) is 24.9. The molecule has 0 atom stereocenters. The van der Waals surface area contributed by atoms with Crippen molar-refractivity contribution >= 4 is 33.3 Å². The maximum absolute atomic E-state index is 11.7. The van der Waals surface area contributed by atoms with Crippen LogP contribution in [0.1, 0.15) is 18.2 Å². The molecule has 1 aliphatic rings. The molecule has 0 radical (unpaired) electrons. The minimum absolute atomic E-state index is 0.122. The van der Waals surface area contributed by atoms with Gasteiger partial charge in [0.25, 0.3) is 0 Å². The molecule has 0 unspecified atom stereocenters. The molecule has 4 aromatic heterocycles. The Kier molecular flexibility index (Phi) is 5.00. The molecule has 4 heterocycles. The van der Waals surface area contributed by atoms with E-state index >= 15 is 0 Å². The summed E-state index contributed by atoms with van der Waals surface area (Å²) in [5, 5.41) is 9.80. The summed E-state index contributed by atoms with van der Waals surface area (Å²) in [5.74, 6) is -0.122. The minimum atomic E-state index is -0.122. The molecule has 0 fully saturated rings. The number of H-pyrrole nitrogens is 1.